The van der Waals surface area contributed by atoms with Gasteiger partial charge in [-0.05, 0) is 31.7 Å². The van der Waals surface area contributed by atoms with Crippen LogP contribution in [0.5, 0.6) is 0 Å². The summed E-state index contributed by atoms with van der Waals surface area (Å²) in [5.41, 5.74) is 5.43. The molecule has 1 fully saturated rings. The summed E-state index contributed by atoms with van der Waals surface area (Å²) in [6.45, 7) is 8.83. The largest absolute Gasteiger partial charge is 0.339 e. The Labute approximate surface area is 170 Å². The quantitative estimate of drug-likeness (QED) is 0.783. The molecule has 2 aromatic rings. The lowest BCUT2D eigenvalue weighted by atomic mass is 9.95. The molecule has 3 rings (SSSR count). The molecule has 2 N–H and O–H groups in total. The van der Waals surface area contributed by atoms with Gasteiger partial charge in [-0.15, -0.1) is 23.7 Å². The SMILES string of the molecule is CCCC(C)(N)C(=O)N1CCN(C(C)c2nc(-c3cccs3)no2)CC1.Cl. The van der Waals surface area contributed by atoms with Crippen molar-refractivity contribution >= 4 is 29.7 Å². The van der Waals surface area contributed by atoms with Gasteiger partial charge < -0.3 is 15.2 Å². The molecule has 0 saturated carbocycles. The molecular formula is C18H28ClN5O2S. The number of carbonyl (C=O) groups excluding carboxylic acids is 1. The first-order valence-electron chi connectivity index (χ1n) is 9.12. The Hall–Kier alpha value is -1.48. The molecule has 0 bridgehead atoms. The lowest BCUT2D eigenvalue weighted by Gasteiger charge is -2.39. The number of aromatic nitrogens is 2. The first kappa shape index (κ1) is 21.8. The summed E-state index contributed by atoms with van der Waals surface area (Å²) < 4.78 is 5.47. The van der Waals surface area contributed by atoms with Gasteiger partial charge in [0.25, 0.3) is 0 Å². The van der Waals surface area contributed by atoms with Gasteiger partial charge in [0.05, 0.1) is 16.5 Å². The number of hydrogen-bond donors (Lipinski definition) is 1. The molecule has 1 aliphatic heterocycles. The summed E-state index contributed by atoms with van der Waals surface area (Å²) in [5.74, 6) is 1.29. The van der Waals surface area contributed by atoms with Gasteiger partial charge in [0.15, 0.2) is 0 Å². The van der Waals surface area contributed by atoms with Crippen LogP contribution in [-0.4, -0.2) is 57.6 Å². The van der Waals surface area contributed by atoms with Gasteiger partial charge >= 0.3 is 0 Å². The van der Waals surface area contributed by atoms with E-state index in [1.807, 2.05) is 36.3 Å². The molecule has 0 aliphatic carbocycles. The number of thiophene rings is 1. The van der Waals surface area contributed by atoms with E-state index in [-0.39, 0.29) is 24.4 Å². The standard InChI is InChI=1S/C18H27N5O2S.ClH/c1-4-7-18(3,19)17(24)23-10-8-22(9-11-23)13(2)16-20-15(21-25-16)14-6-5-12-26-14;/h5-6,12-13H,4,7-11,19H2,1-3H3;1H. The van der Waals surface area contributed by atoms with Crippen LogP contribution in [0.4, 0.5) is 0 Å². The van der Waals surface area contributed by atoms with Gasteiger partial charge in [-0.1, -0.05) is 24.6 Å². The van der Waals surface area contributed by atoms with Gasteiger partial charge in [-0.25, -0.2) is 0 Å². The second-order valence-electron chi connectivity index (χ2n) is 7.11. The molecule has 2 unspecified atom stereocenters. The highest BCUT2D eigenvalue weighted by atomic mass is 35.5. The Balaban J connectivity index is 0.00000261. The maximum Gasteiger partial charge on any atom is 0.244 e. The Morgan fingerprint density at radius 2 is 2.11 bits per heavy atom. The molecule has 9 heteroatoms. The number of hydrogen-bond acceptors (Lipinski definition) is 7. The maximum atomic E-state index is 12.6. The fraction of sp³-hybridized carbons (Fsp3) is 0.611. The van der Waals surface area contributed by atoms with Gasteiger partial charge in [0.2, 0.25) is 17.6 Å². The number of amides is 1. The van der Waals surface area contributed by atoms with Crippen LogP contribution in [0.3, 0.4) is 0 Å². The molecule has 0 aromatic carbocycles. The van der Waals surface area contributed by atoms with Crippen LogP contribution in [0.15, 0.2) is 22.0 Å². The first-order valence-corrected chi connectivity index (χ1v) is 10.00. The fourth-order valence-corrected chi connectivity index (χ4v) is 4.02. The van der Waals surface area contributed by atoms with Gasteiger partial charge in [0, 0.05) is 26.2 Å². The lowest BCUT2D eigenvalue weighted by Crippen LogP contribution is -2.58. The number of nitrogens with two attached hydrogens (primary N) is 1. The molecule has 7 nitrogen and oxygen atoms in total. The summed E-state index contributed by atoms with van der Waals surface area (Å²) in [4.78, 5) is 22.3. The number of nitrogens with zero attached hydrogens (tertiary/aromatic N) is 4. The fourth-order valence-electron chi connectivity index (χ4n) is 3.37. The summed E-state index contributed by atoms with van der Waals surface area (Å²) >= 11 is 1.59. The highest BCUT2D eigenvalue weighted by Crippen LogP contribution is 2.26. The van der Waals surface area contributed by atoms with Crippen molar-refractivity contribution < 1.29 is 9.32 Å². The number of piperazine rings is 1. The normalized spacial score (nSPS) is 18.6. The molecule has 1 amide bonds. The van der Waals surface area contributed by atoms with E-state index in [2.05, 4.69) is 22.0 Å². The highest BCUT2D eigenvalue weighted by Gasteiger charge is 2.34. The van der Waals surface area contributed by atoms with Crippen molar-refractivity contribution in [1.82, 2.24) is 19.9 Å². The second kappa shape index (κ2) is 9.14. The van der Waals surface area contributed by atoms with Gasteiger partial charge in [-0.2, -0.15) is 4.98 Å². The van der Waals surface area contributed by atoms with Crippen molar-refractivity contribution in [3.8, 4) is 10.7 Å². The monoisotopic (exact) mass is 413 g/mol. The Morgan fingerprint density at radius 1 is 1.41 bits per heavy atom. The topological polar surface area (TPSA) is 88.5 Å². The van der Waals surface area contributed by atoms with E-state index in [1.165, 1.54) is 0 Å². The molecule has 150 valence electrons. The van der Waals surface area contributed by atoms with Crippen LogP contribution >= 0.6 is 23.7 Å². The molecule has 2 atom stereocenters. The van der Waals surface area contributed by atoms with E-state index in [9.17, 15) is 4.79 Å². The lowest BCUT2D eigenvalue weighted by molar-refractivity contribution is -0.138. The zero-order valence-corrected chi connectivity index (χ0v) is 17.7. The number of rotatable bonds is 6. The molecule has 0 spiro atoms. The van der Waals surface area contributed by atoms with E-state index < -0.39 is 5.54 Å². The molecule has 3 heterocycles. The van der Waals surface area contributed by atoms with Crippen molar-refractivity contribution in [2.75, 3.05) is 26.2 Å². The van der Waals surface area contributed by atoms with Crippen LogP contribution in [0, 0.1) is 0 Å². The van der Waals surface area contributed by atoms with Crippen LogP contribution < -0.4 is 5.73 Å². The molecular weight excluding hydrogens is 386 g/mol. The van der Waals surface area contributed by atoms with Crippen LogP contribution in [0.25, 0.3) is 10.7 Å². The number of halogens is 1. The van der Waals surface area contributed by atoms with Gasteiger partial charge in [-0.3, -0.25) is 9.69 Å². The zero-order chi connectivity index (χ0) is 18.7. The zero-order valence-electron chi connectivity index (χ0n) is 16.1. The average Bonchev–Trinajstić information content (AvgIpc) is 3.32. The van der Waals surface area contributed by atoms with Crippen molar-refractivity contribution in [3.05, 3.63) is 23.4 Å². The third-order valence-corrected chi connectivity index (χ3v) is 5.81. The van der Waals surface area contributed by atoms with Crippen LogP contribution in [0.1, 0.15) is 45.5 Å². The summed E-state index contributed by atoms with van der Waals surface area (Å²) in [6, 6.07) is 3.97. The van der Waals surface area contributed by atoms with E-state index in [0.717, 1.165) is 24.4 Å². The predicted octanol–water partition coefficient (Wildman–Crippen LogP) is 2.94. The average molecular weight is 414 g/mol. The van der Waals surface area contributed by atoms with E-state index in [0.29, 0.717) is 31.2 Å². The van der Waals surface area contributed by atoms with E-state index >= 15 is 0 Å². The van der Waals surface area contributed by atoms with Gasteiger partial charge in [0.1, 0.15) is 0 Å². The minimum atomic E-state index is -0.773. The summed E-state index contributed by atoms with van der Waals surface area (Å²) in [6.07, 6.45) is 1.61. The van der Waals surface area contributed by atoms with Crippen LogP contribution in [0.2, 0.25) is 0 Å². The smallest absolute Gasteiger partial charge is 0.244 e. The molecule has 27 heavy (non-hydrogen) atoms. The highest BCUT2D eigenvalue weighted by molar-refractivity contribution is 7.13. The number of carbonyl (C=O) groups is 1. The Morgan fingerprint density at radius 3 is 2.70 bits per heavy atom. The summed E-state index contributed by atoms with van der Waals surface area (Å²) in [5, 5.41) is 6.08. The Bertz CT molecular complexity index is 726. The Kier molecular flexibility index (Phi) is 7.39. The summed E-state index contributed by atoms with van der Waals surface area (Å²) in [7, 11) is 0. The van der Waals surface area contributed by atoms with E-state index in [1.54, 1.807) is 11.3 Å². The predicted molar refractivity (Wildman–Crippen MR) is 109 cm³/mol. The van der Waals surface area contributed by atoms with Crippen LogP contribution in [-0.2, 0) is 4.79 Å². The molecule has 2 aromatic heterocycles. The van der Waals surface area contributed by atoms with Crippen molar-refractivity contribution in [1.29, 1.82) is 0 Å². The second-order valence-corrected chi connectivity index (χ2v) is 8.05. The van der Waals surface area contributed by atoms with Crippen molar-refractivity contribution in [3.63, 3.8) is 0 Å². The molecule has 0 radical (unpaired) electrons. The minimum Gasteiger partial charge on any atom is -0.339 e. The van der Waals surface area contributed by atoms with Crippen molar-refractivity contribution in [2.45, 2.75) is 45.2 Å². The van der Waals surface area contributed by atoms with Crippen molar-refractivity contribution in [2.24, 2.45) is 5.73 Å². The molecule has 1 aliphatic rings. The third kappa shape index (κ3) is 4.87. The maximum absolute atomic E-state index is 12.6. The third-order valence-electron chi connectivity index (χ3n) is 4.95. The first-order chi connectivity index (χ1) is 12.4. The minimum absolute atomic E-state index is 0. The van der Waals surface area contributed by atoms with E-state index in [4.69, 9.17) is 10.3 Å². The molecule has 1 saturated heterocycles.